The van der Waals surface area contributed by atoms with E-state index in [1.165, 1.54) is 57.5 Å². The van der Waals surface area contributed by atoms with Gasteiger partial charge in [-0.25, -0.2) is 0 Å². The number of thioether (sulfide) groups is 1. The fourth-order valence-electron chi connectivity index (χ4n) is 3.86. The Morgan fingerprint density at radius 2 is 2.05 bits per heavy atom. The van der Waals surface area contributed by atoms with Crippen molar-refractivity contribution >= 4 is 11.8 Å². The fourth-order valence-corrected chi connectivity index (χ4v) is 4.99. The van der Waals surface area contributed by atoms with Crippen LogP contribution < -0.4 is 5.73 Å². The summed E-state index contributed by atoms with van der Waals surface area (Å²) in [5, 5.41) is 0. The van der Waals surface area contributed by atoms with Crippen LogP contribution in [0.25, 0.3) is 0 Å². The van der Waals surface area contributed by atoms with E-state index in [-0.39, 0.29) is 0 Å². The Balaban J connectivity index is 1.94. The fraction of sp³-hybridized carbons (Fsp3) is 1.00. The highest BCUT2D eigenvalue weighted by molar-refractivity contribution is 8.00. The van der Waals surface area contributed by atoms with Crippen LogP contribution in [0.4, 0.5) is 0 Å². The predicted octanol–water partition coefficient (Wildman–Crippen LogP) is 3.36. The summed E-state index contributed by atoms with van der Waals surface area (Å²) in [5.74, 6) is 2.15. The van der Waals surface area contributed by atoms with E-state index < -0.39 is 0 Å². The second-order valence-corrected chi connectivity index (χ2v) is 9.34. The van der Waals surface area contributed by atoms with Gasteiger partial charge in [-0.3, -0.25) is 0 Å². The lowest BCUT2D eigenvalue weighted by Gasteiger charge is -2.42. The van der Waals surface area contributed by atoms with Gasteiger partial charge in [-0.05, 0) is 43.7 Å². The van der Waals surface area contributed by atoms with E-state index in [1.807, 2.05) is 0 Å². The van der Waals surface area contributed by atoms with Crippen LogP contribution in [0.5, 0.6) is 0 Å². The summed E-state index contributed by atoms with van der Waals surface area (Å²) >= 11 is 2.14. The minimum Gasteiger partial charge on any atom is -0.330 e. The van der Waals surface area contributed by atoms with Crippen molar-refractivity contribution < 1.29 is 0 Å². The maximum atomic E-state index is 6.18. The lowest BCUT2D eigenvalue weighted by Crippen LogP contribution is -2.46. The molecule has 112 valence electrons. The van der Waals surface area contributed by atoms with E-state index in [2.05, 4.69) is 37.4 Å². The molecule has 3 heteroatoms. The van der Waals surface area contributed by atoms with Crippen molar-refractivity contribution in [3.8, 4) is 0 Å². The molecule has 1 heterocycles. The molecule has 2 rings (SSSR count). The van der Waals surface area contributed by atoms with Crippen LogP contribution in [0, 0.1) is 11.3 Å². The average Bonchev–Trinajstić information content (AvgIpc) is 2.51. The third kappa shape index (κ3) is 4.37. The van der Waals surface area contributed by atoms with Gasteiger partial charge < -0.3 is 10.6 Å². The van der Waals surface area contributed by atoms with Gasteiger partial charge in [-0.1, -0.05) is 33.6 Å². The van der Waals surface area contributed by atoms with Crippen molar-refractivity contribution in [2.24, 2.45) is 17.1 Å². The van der Waals surface area contributed by atoms with Crippen LogP contribution >= 0.6 is 11.8 Å². The van der Waals surface area contributed by atoms with E-state index in [1.54, 1.807) is 0 Å². The van der Waals surface area contributed by atoms with Crippen LogP contribution in [0.3, 0.4) is 0 Å². The standard InChI is InChI=1S/C16H32N2S/c1-14-5-4-6-16(11-14,12-17)13-18-8-7-15(2,3)19-10-9-18/h14H,4-13,17H2,1-3H3. The Hall–Kier alpha value is 0.270. The molecule has 1 saturated carbocycles. The van der Waals surface area contributed by atoms with E-state index in [0.717, 1.165) is 12.5 Å². The minimum atomic E-state index is 0.414. The number of rotatable bonds is 3. The highest BCUT2D eigenvalue weighted by atomic mass is 32.2. The van der Waals surface area contributed by atoms with Gasteiger partial charge in [-0.15, -0.1) is 0 Å². The SMILES string of the molecule is CC1CCCC(CN)(CN2CCSC(C)(C)CC2)C1. The molecular formula is C16H32N2S. The van der Waals surface area contributed by atoms with Gasteiger partial charge >= 0.3 is 0 Å². The third-order valence-corrected chi connectivity index (χ3v) is 6.48. The normalized spacial score (nSPS) is 36.9. The van der Waals surface area contributed by atoms with E-state index in [4.69, 9.17) is 5.73 Å². The lowest BCUT2D eigenvalue weighted by atomic mass is 9.69. The molecule has 0 aromatic rings. The molecule has 19 heavy (non-hydrogen) atoms. The molecule has 2 N–H and O–H groups in total. The molecular weight excluding hydrogens is 252 g/mol. The number of nitrogens with two attached hydrogens (primary N) is 1. The Morgan fingerprint density at radius 1 is 1.26 bits per heavy atom. The molecule has 0 radical (unpaired) electrons. The minimum absolute atomic E-state index is 0.414. The van der Waals surface area contributed by atoms with E-state index >= 15 is 0 Å². The summed E-state index contributed by atoms with van der Waals surface area (Å²) in [4.78, 5) is 2.70. The summed E-state index contributed by atoms with van der Waals surface area (Å²) in [6, 6.07) is 0. The summed E-state index contributed by atoms with van der Waals surface area (Å²) in [7, 11) is 0. The third-order valence-electron chi connectivity index (χ3n) is 5.11. The number of hydrogen-bond donors (Lipinski definition) is 1. The van der Waals surface area contributed by atoms with Crippen LogP contribution in [-0.2, 0) is 0 Å². The maximum Gasteiger partial charge on any atom is 0.0116 e. The first-order chi connectivity index (χ1) is 8.95. The van der Waals surface area contributed by atoms with Crippen molar-refractivity contribution in [2.45, 2.75) is 57.6 Å². The number of nitrogens with zero attached hydrogens (tertiary/aromatic N) is 1. The molecule has 2 aliphatic rings. The van der Waals surface area contributed by atoms with Crippen LogP contribution in [0.1, 0.15) is 52.9 Å². The molecule has 1 saturated heterocycles. The second-order valence-electron chi connectivity index (χ2n) is 7.54. The Bertz CT molecular complexity index is 292. The molecule has 1 aliphatic carbocycles. The van der Waals surface area contributed by atoms with Crippen LogP contribution in [0.2, 0.25) is 0 Å². The van der Waals surface area contributed by atoms with Crippen molar-refractivity contribution in [2.75, 3.05) is 31.9 Å². The first-order valence-corrected chi connectivity index (χ1v) is 9.00. The highest BCUT2D eigenvalue weighted by Crippen LogP contribution is 2.40. The van der Waals surface area contributed by atoms with Crippen LogP contribution in [0.15, 0.2) is 0 Å². The monoisotopic (exact) mass is 284 g/mol. The summed E-state index contributed by atoms with van der Waals surface area (Å²) in [5.41, 5.74) is 6.59. The van der Waals surface area contributed by atoms with Crippen molar-refractivity contribution in [1.82, 2.24) is 4.90 Å². The Morgan fingerprint density at radius 3 is 2.74 bits per heavy atom. The second kappa shape index (κ2) is 6.36. The first kappa shape index (κ1) is 15.7. The zero-order valence-electron chi connectivity index (χ0n) is 13.1. The summed E-state index contributed by atoms with van der Waals surface area (Å²) in [6.07, 6.45) is 6.79. The van der Waals surface area contributed by atoms with Gasteiger partial charge in [0, 0.05) is 23.6 Å². The average molecular weight is 285 g/mol. The summed E-state index contributed by atoms with van der Waals surface area (Å²) in [6.45, 7) is 11.8. The van der Waals surface area contributed by atoms with Crippen molar-refractivity contribution in [3.63, 3.8) is 0 Å². The molecule has 1 aliphatic heterocycles. The smallest absolute Gasteiger partial charge is 0.0116 e. The molecule has 2 unspecified atom stereocenters. The molecule has 0 aromatic carbocycles. The van der Waals surface area contributed by atoms with Crippen LogP contribution in [-0.4, -0.2) is 41.6 Å². The largest absolute Gasteiger partial charge is 0.330 e. The predicted molar refractivity (Wildman–Crippen MR) is 86.7 cm³/mol. The maximum absolute atomic E-state index is 6.18. The topological polar surface area (TPSA) is 29.3 Å². The first-order valence-electron chi connectivity index (χ1n) is 8.01. The molecule has 2 fully saturated rings. The molecule has 0 amide bonds. The molecule has 2 atom stereocenters. The molecule has 0 aromatic heterocycles. The van der Waals surface area contributed by atoms with Crippen molar-refractivity contribution in [3.05, 3.63) is 0 Å². The van der Waals surface area contributed by atoms with E-state index in [0.29, 0.717) is 10.2 Å². The van der Waals surface area contributed by atoms with Crippen molar-refractivity contribution in [1.29, 1.82) is 0 Å². The Kier molecular flexibility index (Phi) is 5.24. The molecule has 0 bridgehead atoms. The van der Waals surface area contributed by atoms with Gasteiger partial charge in [0.1, 0.15) is 0 Å². The summed E-state index contributed by atoms with van der Waals surface area (Å²) < 4.78 is 0.463. The van der Waals surface area contributed by atoms with Gasteiger partial charge in [0.2, 0.25) is 0 Å². The molecule has 2 nitrogen and oxygen atoms in total. The zero-order valence-corrected chi connectivity index (χ0v) is 13.9. The number of hydrogen-bond acceptors (Lipinski definition) is 3. The molecule has 0 spiro atoms. The van der Waals surface area contributed by atoms with Gasteiger partial charge in [0.15, 0.2) is 0 Å². The quantitative estimate of drug-likeness (QED) is 0.861. The van der Waals surface area contributed by atoms with E-state index in [9.17, 15) is 0 Å². The van der Waals surface area contributed by atoms with Gasteiger partial charge in [0.05, 0.1) is 0 Å². The Labute approximate surface area is 123 Å². The lowest BCUT2D eigenvalue weighted by molar-refractivity contribution is 0.0908. The van der Waals surface area contributed by atoms with Gasteiger partial charge in [0.25, 0.3) is 0 Å². The zero-order chi connectivity index (χ0) is 13.9. The van der Waals surface area contributed by atoms with Gasteiger partial charge in [-0.2, -0.15) is 11.8 Å². The highest BCUT2D eigenvalue weighted by Gasteiger charge is 2.36.